The van der Waals surface area contributed by atoms with Crippen LogP contribution in [0.25, 0.3) is 0 Å². The van der Waals surface area contributed by atoms with Gasteiger partial charge in [-0.05, 0) is 49.2 Å². The first kappa shape index (κ1) is 24.5. The fourth-order valence-electron chi connectivity index (χ4n) is 3.49. The molecule has 0 radical (unpaired) electrons. The molecule has 172 valence electrons. The number of nitrogens with one attached hydrogen (secondary N) is 1. The Morgan fingerprint density at radius 2 is 1.61 bits per heavy atom. The number of ether oxygens (including phenoxy) is 1. The third-order valence-corrected chi connectivity index (χ3v) is 5.80. The van der Waals surface area contributed by atoms with Gasteiger partial charge in [-0.1, -0.05) is 76.1 Å². The van der Waals surface area contributed by atoms with Gasteiger partial charge in [0.2, 0.25) is 5.91 Å². The van der Waals surface area contributed by atoms with E-state index in [-0.39, 0.29) is 18.4 Å². The maximum atomic E-state index is 13.4. The van der Waals surface area contributed by atoms with E-state index in [0.717, 1.165) is 21.2 Å². The summed E-state index contributed by atoms with van der Waals surface area (Å²) in [5.41, 5.74) is 3.04. The van der Waals surface area contributed by atoms with Crippen molar-refractivity contribution in [3.05, 3.63) is 100 Å². The van der Waals surface area contributed by atoms with Gasteiger partial charge >= 0.3 is 0 Å². The zero-order chi connectivity index (χ0) is 23.6. The van der Waals surface area contributed by atoms with Gasteiger partial charge in [-0.2, -0.15) is 0 Å². The van der Waals surface area contributed by atoms with E-state index in [0.29, 0.717) is 25.3 Å². The Morgan fingerprint density at radius 3 is 2.24 bits per heavy atom. The summed E-state index contributed by atoms with van der Waals surface area (Å²) in [5.74, 6) is 0.197. The Hall–Kier alpha value is -3.12. The predicted octanol–water partition coefficient (Wildman–Crippen LogP) is 4.91. The van der Waals surface area contributed by atoms with Gasteiger partial charge < -0.3 is 15.0 Å². The Bertz CT molecular complexity index is 1040. The highest BCUT2D eigenvalue weighted by Gasteiger charge is 2.30. The van der Waals surface area contributed by atoms with E-state index in [2.05, 4.69) is 21.2 Å². The van der Waals surface area contributed by atoms with Gasteiger partial charge in [-0.25, -0.2) is 0 Å². The number of likely N-dealkylation sites (N-methyl/N-ethyl adjacent to an activating group) is 1. The van der Waals surface area contributed by atoms with Crippen LogP contribution in [0.5, 0.6) is 5.75 Å². The van der Waals surface area contributed by atoms with E-state index in [4.69, 9.17) is 4.74 Å². The molecule has 2 amide bonds. The molecule has 1 N–H and O–H groups in total. The normalized spacial score (nSPS) is 11.5. The van der Waals surface area contributed by atoms with Gasteiger partial charge in [0.25, 0.3) is 5.91 Å². The van der Waals surface area contributed by atoms with Crippen molar-refractivity contribution >= 4 is 27.7 Å². The summed E-state index contributed by atoms with van der Waals surface area (Å²) in [6.45, 7) is 4.51. The van der Waals surface area contributed by atoms with Crippen LogP contribution in [-0.2, 0) is 22.6 Å². The summed E-state index contributed by atoms with van der Waals surface area (Å²) in [5, 5.41) is 2.89. The molecule has 3 aromatic carbocycles. The number of carbonyl (C=O) groups excluding carboxylic acids is 2. The Kier molecular flexibility index (Phi) is 9.07. The first-order chi connectivity index (χ1) is 16.0. The van der Waals surface area contributed by atoms with Gasteiger partial charge in [-0.3, -0.25) is 9.59 Å². The number of hydrogen-bond donors (Lipinski definition) is 1. The first-order valence-corrected chi connectivity index (χ1v) is 11.8. The van der Waals surface area contributed by atoms with Gasteiger partial charge in [0.05, 0.1) is 0 Å². The molecule has 0 aliphatic heterocycles. The van der Waals surface area contributed by atoms with E-state index in [9.17, 15) is 9.59 Å². The van der Waals surface area contributed by atoms with E-state index >= 15 is 0 Å². The Labute approximate surface area is 203 Å². The number of rotatable bonds is 10. The highest BCUT2D eigenvalue weighted by Crippen LogP contribution is 2.18. The summed E-state index contributed by atoms with van der Waals surface area (Å²) >= 11 is 3.45. The van der Waals surface area contributed by atoms with Crippen LogP contribution in [0.2, 0.25) is 0 Å². The van der Waals surface area contributed by atoms with Crippen LogP contribution in [0.4, 0.5) is 0 Å². The summed E-state index contributed by atoms with van der Waals surface area (Å²) in [4.78, 5) is 28.1. The predicted molar refractivity (Wildman–Crippen MR) is 134 cm³/mol. The smallest absolute Gasteiger partial charge is 0.261 e. The molecule has 0 aliphatic carbocycles. The van der Waals surface area contributed by atoms with Crippen molar-refractivity contribution in [2.75, 3.05) is 13.2 Å². The van der Waals surface area contributed by atoms with Crippen LogP contribution in [0, 0.1) is 6.92 Å². The summed E-state index contributed by atoms with van der Waals surface area (Å²) in [6.07, 6.45) is 0.416. The standard InChI is InChI=1S/C27H29BrN2O3/c1-3-29-27(32)25(17-21-7-5-4-6-8-21)30(18-22-11-13-23(28)14-12-22)26(31)19-33-24-15-9-20(2)10-16-24/h4-16,25H,3,17-19H2,1-2H3,(H,29,32)/t25-/m0/s1. The minimum absolute atomic E-state index is 0.149. The molecule has 0 unspecified atom stereocenters. The molecule has 5 nitrogen and oxygen atoms in total. The SMILES string of the molecule is CCNC(=O)[C@H](Cc1ccccc1)N(Cc1ccc(Br)cc1)C(=O)COc1ccc(C)cc1. The van der Waals surface area contributed by atoms with E-state index in [1.165, 1.54) is 0 Å². The van der Waals surface area contributed by atoms with Crippen molar-refractivity contribution < 1.29 is 14.3 Å². The average molecular weight is 509 g/mol. The molecule has 0 aromatic heterocycles. The van der Waals surface area contributed by atoms with Crippen LogP contribution >= 0.6 is 15.9 Å². The summed E-state index contributed by atoms with van der Waals surface area (Å²) in [7, 11) is 0. The molecule has 0 heterocycles. The zero-order valence-corrected chi connectivity index (χ0v) is 20.5. The number of amides is 2. The molecule has 3 rings (SSSR count). The summed E-state index contributed by atoms with van der Waals surface area (Å²) in [6, 6.07) is 24.4. The lowest BCUT2D eigenvalue weighted by Crippen LogP contribution is -2.51. The molecular weight excluding hydrogens is 480 g/mol. The third-order valence-electron chi connectivity index (χ3n) is 5.27. The number of carbonyl (C=O) groups is 2. The van der Waals surface area contributed by atoms with Crippen molar-refractivity contribution in [2.24, 2.45) is 0 Å². The number of hydrogen-bond acceptors (Lipinski definition) is 3. The van der Waals surface area contributed by atoms with Crippen molar-refractivity contribution in [1.82, 2.24) is 10.2 Å². The molecule has 0 spiro atoms. The molecule has 6 heteroatoms. The Balaban J connectivity index is 1.87. The maximum Gasteiger partial charge on any atom is 0.261 e. The summed E-state index contributed by atoms with van der Waals surface area (Å²) < 4.78 is 6.73. The van der Waals surface area contributed by atoms with Crippen molar-refractivity contribution in [3.8, 4) is 5.75 Å². The fourth-order valence-corrected chi connectivity index (χ4v) is 3.76. The zero-order valence-electron chi connectivity index (χ0n) is 19.0. The van der Waals surface area contributed by atoms with Crippen LogP contribution in [-0.4, -0.2) is 35.9 Å². The van der Waals surface area contributed by atoms with Gasteiger partial charge in [-0.15, -0.1) is 0 Å². The van der Waals surface area contributed by atoms with Crippen LogP contribution in [0.15, 0.2) is 83.3 Å². The molecule has 3 aromatic rings. The molecule has 0 fully saturated rings. The number of halogens is 1. The lowest BCUT2D eigenvalue weighted by Gasteiger charge is -2.31. The molecular formula is C27H29BrN2O3. The van der Waals surface area contributed by atoms with E-state index in [1.54, 1.807) is 4.90 Å². The maximum absolute atomic E-state index is 13.4. The quantitative estimate of drug-likeness (QED) is 0.423. The minimum Gasteiger partial charge on any atom is -0.484 e. The third kappa shape index (κ3) is 7.46. The first-order valence-electron chi connectivity index (χ1n) is 11.0. The molecule has 0 saturated carbocycles. The number of benzene rings is 3. The molecule has 0 aliphatic rings. The Morgan fingerprint density at radius 1 is 0.939 bits per heavy atom. The lowest BCUT2D eigenvalue weighted by molar-refractivity contribution is -0.142. The molecule has 1 atom stereocenters. The van der Waals surface area contributed by atoms with Crippen molar-refractivity contribution in [1.29, 1.82) is 0 Å². The van der Waals surface area contributed by atoms with Crippen molar-refractivity contribution in [3.63, 3.8) is 0 Å². The molecule has 0 bridgehead atoms. The van der Waals surface area contributed by atoms with Gasteiger partial charge in [0.15, 0.2) is 6.61 Å². The van der Waals surface area contributed by atoms with Gasteiger partial charge in [0, 0.05) is 24.0 Å². The van der Waals surface area contributed by atoms with E-state index in [1.807, 2.05) is 92.7 Å². The highest BCUT2D eigenvalue weighted by molar-refractivity contribution is 9.10. The molecule has 0 saturated heterocycles. The van der Waals surface area contributed by atoms with Crippen LogP contribution in [0.3, 0.4) is 0 Å². The minimum atomic E-state index is -0.662. The van der Waals surface area contributed by atoms with Crippen molar-refractivity contribution in [2.45, 2.75) is 32.9 Å². The van der Waals surface area contributed by atoms with E-state index < -0.39 is 6.04 Å². The largest absolute Gasteiger partial charge is 0.484 e. The molecule has 33 heavy (non-hydrogen) atoms. The average Bonchev–Trinajstić information content (AvgIpc) is 2.82. The number of nitrogens with zero attached hydrogens (tertiary/aromatic N) is 1. The van der Waals surface area contributed by atoms with Crippen LogP contribution < -0.4 is 10.1 Å². The fraction of sp³-hybridized carbons (Fsp3) is 0.259. The second-order valence-electron chi connectivity index (χ2n) is 7.85. The van der Waals surface area contributed by atoms with Gasteiger partial charge in [0.1, 0.15) is 11.8 Å². The number of aryl methyl sites for hydroxylation is 1. The second kappa shape index (κ2) is 12.2. The lowest BCUT2D eigenvalue weighted by atomic mass is 10.0. The van der Waals surface area contributed by atoms with Crippen LogP contribution in [0.1, 0.15) is 23.6 Å². The highest BCUT2D eigenvalue weighted by atomic mass is 79.9. The topological polar surface area (TPSA) is 58.6 Å². The monoisotopic (exact) mass is 508 g/mol. The second-order valence-corrected chi connectivity index (χ2v) is 8.77.